The number of nitrogens with one attached hydrogen (secondary N) is 1. The van der Waals surface area contributed by atoms with E-state index in [9.17, 15) is 13.2 Å². The van der Waals surface area contributed by atoms with Gasteiger partial charge in [-0.05, 0) is 36.8 Å². The number of sulfonamides is 1. The maximum atomic E-state index is 12.7. The van der Waals surface area contributed by atoms with Gasteiger partial charge < -0.3 is 14.8 Å². The lowest BCUT2D eigenvalue weighted by atomic mass is 10.1. The van der Waals surface area contributed by atoms with Gasteiger partial charge in [0.15, 0.2) is 0 Å². The zero-order valence-electron chi connectivity index (χ0n) is 14.6. The summed E-state index contributed by atoms with van der Waals surface area (Å²) in [7, 11) is -0.325. The van der Waals surface area contributed by atoms with Crippen molar-refractivity contribution in [2.75, 3.05) is 36.1 Å². The van der Waals surface area contributed by atoms with Crippen LogP contribution in [0.2, 0.25) is 0 Å². The van der Waals surface area contributed by atoms with Crippen LogP contribution in [0.15, 0.2) is 42.5 Å². The molecule has 0 atom stereocenters. The van der Waals surface area contributed by atoms with Crippen LogP contribution in [0.5, 0.6) is 11.5 Å². The van der Waals surface area contributed by atoms with Crippen LogP contribution >= 0.6 is 0 Å². The van der Waals surface area contributed by atoms with E-state index in [1.165, 1.54) is 18.5 Å². The van der Waals surface area contributed by atoms with E-state index in [1.54, 1.807) is 42.5 Å². The van der Waals surface area contributed by atoms with Crippen molar-refractivity contribution in [3.05, 3.63) is 48.0 Å². The van der Waals surface area contributed by atoms with Crippen LogP contribution < -0.4 is 19.1 Å². The standard InChI is InChI=1S/C18H20N2O5S/c1-24-15-8-4-9-16(25-2)17(15)18(21)19-13-6-3-7-14(12-13)20-10-5-11-26(20,22)23/h3-4,6-9,12H,5,10-11H2,1-2H3,(H,19,21). The molecule has 1 aliphatic rings. The topological polar surface area (TPSA) is 84.9 Å². The lowest BCUT2D eigenvalue weighted by Gasteiger charge is -2.18. The lowest BCUT2D eigenvalue weighted by Crippen LogP contribution is -2.25. The van der Waals surface area contributed by atoms with Gasteiger partial charge in [0.2, 0.25) is 10.0 Å². The number of anilines is 2. The molecule has 1 saturated heterocycles. The Hall–Kier alpha value is -2.74. The Kier molecular flexibility index (Phi) is 5.03. The molecule has 0 aliphatic carbocycles. The molecule has 0 aromatic heterocycles. The van der Waals surface area contributed by atoms with Gasteiger partial charge >= 0.3 is 0 Å². The van der Waals surface area contributed by atoms with E-state index >= 15 is 0 Å². The summed E-state index contributed by atoms with van der Waals surface area (Å²) < 4.78 is 36.0. The number of carbonyl (C=O) groups is 1. The van der Waals surface area contributed by atoms with Crippen molar-refractivity contribution in [2.45, 2.75) is 6.42 Å². The fourth-order valence-electron chi connectivity index (χ4n) is 2.94. The molecule has 0 unspecified atom stereocenters. The highest BCUT2D eigenvalue weighted by Crippen LogP contribution is 2.30. The van der Waals surface area contributed by atoms with Crippen molar-refractivity contribution in [3.63, 3.8) is 0 Å². The predicted molar refractivity (Wildman–Crippen MR) is 99.7 cm³/mol. The number of ether oxygens (including phenoxy) is 2. The number of methoxy groups -OCH3 is 2. The number of hydrogen-bond donors (Lipinski definition) is 1. The van der Waals surface area contributed by atoms with Crippen LogP contribution in [0, 0.1) is 0 Å². The zero-order chi connectivity index (χ0) is 18.7. The Morgan fingerprint density at radius 2 is 1.73 bits per heavy atom. The summed E-state index contributed by atoms with van der Waals surface area (Å²) in [6.45, 7) is 0.445. The molecule has 0 bridgehead atoms. The number of rotatable bonds is 5. The molecule has 8 heteroatoms. The van der Waals surface area contributed by atoms with Gasteiger partial charge in [-0.2, -0.15) is 0 Å². The minimum absolute atomic E-state index is 0.141. The Morgan fingerprint density at radius 1 is 1.08 bits per heavy atom. The Bertz CT molecular complexity index is 905. The molecule has 0 spiro atoms. The van der Waals surface area contributed by atoms with E-state index in [0.717, 1.165) is 0 Å². The second-order valence-corrected chi connectivity index (χ2v) is 7.80. The van der Waals surface area contributed by atoms with Gasteiger partial charge in [-0.15, -0.1) is 0 Å². The van der Waals surface area contributed by atoms with Gasteiger partial charge in [-0.3, -0.25) is 9.10 Å². The normalized spacial score (nSPS) is 15.5. The van der Waals surface area contributed by atoms with E-state index in [0.29, 0.717) is 35.8 Å². The minimum atomic E-state index is -3.28. The van der Waals surface area contributed by atoms with Crippen LogP contribution in [0.3, 0.4) is 0 Å². The van der Waals surface area contributed by atoms with Crippen molar-refractivity contribution in [1.29, 1.82) is 0 Å². The first-order chi connectivity index (χ1) is 12.5. The molecular weight excluding hydrogens is 356 g/mol. The van der Waals surface area contributed by atoms with Crippen molar-refractivity contribution < 1.29 is 22.7 Å². The van der Waals surface area contributed by atoms with E-state index in [1.807, 2.05) is 0 Å². The molecule has 1 amide bonds. The third kappa shape index (κ3) is 3.45. The van der Waals surface area contributed by atoms with Gasteiger partial charge in [0, 0.05) is 12.2 Å². The smallest absolute Gasteiger partial charge is 0.263 e. The molecular formula is C18H20N2O5S. The van der Waals surface area contributed by atoms with E-state index in [4.69, 9.17) is 9.47 Å². The molecule has 1 aliphatic heterocycles. The monoisotopic (exact) mass is 376 g/mol. The molecule has 1 N–H and O–H groups in total. The summed E-state index contributed by atoms with van der Waals surface area (Å²) in [5, 5.41) is 2.78. The second kappa shape index (κ2) is 7.25. The van der Waals surface area contributed by atoms with Gasteiger partial charge in [0.05, 0.1) is 25.7 Å². The summed E-state index contributed by atoms with van der Waals surface area (Å²) in [6.07, 6.45) is 0.595. The van der Waals surface area contributed by atoms with Crippen LogP contribution in [0.25, 0.3) is 0 Å². The lowest BCUT2D eigenvalue weighted by molar-refractivity contribution is 0.102. The molecule has 2 aromatic carbocycles. The number of amides is 1. The summed E-state index contributed by atoms with van der Waals surface area (Å²) in [6, 6.07) is 11.8. The summed E-state index contributed by atoms with van der Waals surface area (Å²) >= 11 is 0. The molecule has 26 heavy (non-hydrogen) atoms. The maximum absolute atomic E-state index is 12.7. The largest absolute Gasteiger partial charge is 0.496 e. The highest BCUT2D eigenvalue weighted by Gasteiger charge is 2.28. The molecule has 1 heterocycles. The molecule has 3 rings (SSSR count). The van der Waals surface area contributed by atoms with Gasteiger partial charge in [0.1, 0.15) is 17.1 Å². The number of carbonyl (C=O) groups excluding carboxylic acids is 1. The van der Waals surface area contributed by atoms with Crippen LogP contribution in [-0.2, 0) is 10.0 Å². The SMILES string of the molecule is COc1cccc(OC)c1C(=O)Nc1cccc(N2CCCS2(=O)=O)c1. The highest BCUT2D eigenvalue weighted by atomic mass is 32.2. The number of benzene rings is 2. The van der Waals surface area contributed by atoms with Crippen molar-refractivity contribution in [3.8, 4) is 11.5 Å². The van der Waals surface area contributed by atoms with Crippen LogP contribution in [0.4, 0.5) is 11.4 Å². The molecule has 2 aromatic rings. The van der Waals surface area contributed by atoms with Crippen LogP contribution in [0.1, 0.15) is 16.8 Å². The number of hydrogen-bond acceptors (Lipinski definition) is 5. The van der Waals surface area contributed by atoms with E-state index in [-0.39, 0.29) is 11.3 Å². The Labute approximate surface area is 152 Å². The summed E-state index contributed by atoms with van der Waals surface area (Å²) in [5.41, 5.74) is 1.30. The molecule has 1 fully saturated rings. The van der Waals surface area contributed by atoms with Crippen molar-refractivity contribution in [1.82, 2.24) is 0 Å². The Balaban J connectivity index is 1.89. The Morgan fingerprint density at radius 3 is 2.31 bits per heavy atom. The first kappa shape index (κ1) is 18.1. The molecule has 0 radical (unpaired) electrons. The average molecular weight is 376 g/mol. The van der Waals surface area contributed by atoms with Crippen molar-refractivity contribution in [2.24, 2.45) is 0 Å². The summed E-state index contributed by atoms with van der Waals surface area (Å²) in [4.78, 5) is 12.7. The maximum Gasteiger partial charge on any atom is 0.263 e. The fraction of sp³-hybridized carbons (Fsp3) is 0.278. The first-order valence-electron chi connectivity index (χ1n) is 8.09. The molecule has 138 valence electrons. The first-order valence-corrected chi connectivity index (χ1v) is 9.70. The van der Waals surface area contributed by atoms with E-state index < -0.39 is 15.9 Å². The fourth-order valence-corrected chi connectivity index (χ4v) is 4.49. The van der Waals surface area contributed by atoms with Gasteiger partial charge in [-0.25, -0.2) is 8.42 Å². The van der Waals surface area contributed by atoms with Crippen molar-refractivity contribution >= 4 is 27.3 Å². The zero-order valence-corrected chi connectivity index (χ0v) is 15.4. The van der Waals surface area contributed by atoms with E-state index in [2.05, 4.69) is 5.32 Å². The quantitative estimate of drug-likeness (QED) is 0.867. The molecule has 0 saturated carbocycles. The third-order valence-corrected chi connectivity index (χ3v) is 6.02. The van der Waals surface area contributed by atoms with Crippen LogP contribution in [-0.4, -0.2) is 40.8 Å². The van der Waals surface area contributed by atoms with Gasteiger partial charge in [0.25, 0.3) is 5.91 Å². The minimum Gasteiger partial charge on any atom is -0.496 e. The highest BCUT2D eigenvalue weighted by molar-refractivity contribution is 7.93. The second-order valence-electron chi connectivity index (χ2n) is 5.78. The van der Waals surface area contributed by atoms with Gasteiger partial charge in [-0.1, -0.05) is 12.1 Å². The predicted octanol–water partition coefficient (Wildman–Crippen LogP) is 2.50. The number of nitrogens with zero attached hydrogens (tertiary/aromatic N) is 1. The molecule has 7 nitrogen and oxygen atoms in total. The average Bonchev–Trinajstić information content (AvgIpc) is 3.00. The summed E-state index contributed by atoms with van der Waals surface area (Å²) in [5.74, 6) is 0.517. The third-order valence-electron chi connectivity index (χ3n) is 4.15.